The predicted molar refractivity (Wildman–Crippen MR) is 97.0 cm³/mol. The van der Waals surface area contributed by atoms with Gasteiger partial charge in [0.25, 0.3) is 0 Å². The number of hydrogen-bond donors (Lipinski definition) is 2. The van der Waals surface area contributed by atoms with Crippen LogP contribution in [0.3, 0.4) is 0 Å². The van der Waals surface area contributed by atoms with Crippen molar-refractivity contribution in [3.63, 3.8) is 0 Å². The quantitative estimate of drug-likeness (QED) is 0.648. The molecule has 1 aliphatic heterocycles. The van der Waals surface area contributed by atoms with Gasteiger partial charge < -0.3 is 15.4 Å². The third-order valence-electron chi connectivity index (χ3n) is 5.02. The minimum absolute atomic E-state index is 0.123. The van der Waals surface area contributed by atoms with E-state index in [1.54, 1.807) is 0 Å². The largest absolute Gasteiger partial charge is 0.381 e. The summed E-state index contributed by atoms with van der Waals surface area (Å²) in [5.74, 6) is 1.45. The van der Waals surface area contributed by atoms with E-state index in [1.165, 1.54) is 5.56 Å². The Morgan fingerprint density at radius 1 is 1.17 bits per heavy atom. The van der Waals surface area contributed by atoms with Crippen LogP contribution >= 0.6 is 0 Å². The van der Waals surface area contributed by atoms with Gasteiger partial charge in [0.1, 0.15) is 0 Å². The molecule has 2 rings (SSSR count). The molecular formula is C19H31N3O. The van der Waals surface area contributed by atoms with Crippen LogP contribution in [0.25, 0.3) is 0 Å². The number of rotatable bonds is 5. The van der Waals surface area contributed by atoms with Crippen molar-refractivity contribution in [2.75, 3.05) is 26.8 Å². The van der Waals surface area contributed by atoms with Crippen molar-refractivity contribution < 1.29 is 4.74 Å². The Balaban J connectivity index is 2.07. The van der Waals surface area contributed by atoms with E-state index in [0.717, 1.165) is 38.6 Å². The van der Waals surface area contributed by atoms with E-state index in [9.17, 15) is 0 Å². The Kier molecular flexibility index (Phi) is 6.46. The van der Waals surface area contributed by atoms with Gasteiger partial charge in [-0.25, -0.2) is 0 Å². The van der Waals surface area contributed by atoms with Gasteiger partial charge in [0.05, 0.1) is 0 Å². The predicted octanol–water partition coefficient (Wildman–Crippen LogP) is 2.94. The van der Waals surface area contributed by atoms with E-state index in [-0.39, 0.29) is 5.41 Å². The molecule has 0 aliphatic carbocycles. The van der Waals surface area contributed by atoms with Crippen LogP contribution in [0.2, 0.25) is 0 Å². The van der Waals surface area contributed by atoms with E-state index in [2.05, 4.69) is 66.7 Å². The molecule has 4 nitrogen and oxygen atoms in total. The zero-order valence-electron chi connectivity index (χ0n) is 14.9. The normalized spacial score (nSPS) is 19.4. The number of guanidine groups is 1. The summed E-state index contributed by atoms with van der Waals surface area (Å²) in [6.07, 6.45) is 2.08. The first-order chi connectivity index (χ1) is 11.1. The summed E-state index contributed by atoms with van der Waals surface area (Å²) in [5.41, 5.74) is 1.52. The van der Waals surface area contributed by atoms with Crippen LogP contribution in [0.15, 0.2) is 35.3 Å². The zero-order valence-corrected chi connectivity index (χ0v) is 14.9. The Morgan fingerprint density at radius 2 is 1.83 bits per heavy atom. The van der Waals surface area contributed by atoms with Gasteiger partial charge in [-0.2, -0.15) is 0 Å². The Morgan fingerprint density at radius 3 is 2.39 bits per heavy atom. The first-order valence-electron chi connectivity index (χ1n) is 8.68. The van der Waals surface area contributed by atoms with Crippen LogP contribution in [-0.2, 0) is 10.2 Å². The van der Waals surface area contributed by atoms with Crippen LogP contribution in [0.1, 0.15) is 39.2 Å². The van der Waals surface area contributed by atoms with Gasteiger partial charge in [0.2, 0.25) is 0 Å². The summed E-state index contributed by atoms with van der Waals surface area (Å²) in [5, 5.41) is 7.03. The van der Waals surface area contributed by atoms with Gasteiger partial charge in [-0.1, -0.05) is 44.2 Å². The van der Waals surface area contributed by atoms with Gasteiger partial charge in [-0.15, -0.1) is 0 Å². The first-order valence-corrected chi connectivity index (χ1v) is 8.68. The molecule has 2 N–H and O–H groups in total. The number of aliphatic imine (C=N–C) groups is 1. The lowest BCUT2D eigenvalue weighted by Crippen LogP contribution is -2.50. The average Bonchev–Trinajstić information content (AvgIpc) is 2.59. The van der Waals surface area contributed by atoms with Crippen LogP contribution in [-0.4, -0.2) is 38.8 Å². The van der Waals surface area contributed by atoms with Crippen LogP contribution < -0.4 is 10.6 Å². The Hall–Kier alpha value is -1.55. The molecule has 1 aromatic carbocycles. The Labute approximate surface area is 140 Å². The molecule has 1 aliphatic rings. The number of ether oxygens (including phenoxy) is 1. The smallest absolute Gasteiger partial charge is 0.191 e. The maximum absolute atomic E-state index is 5.60. The molecule has 4 heteroatoms. The fourth-order valence-electron chi connectivity index (χ4n) is 2.95. The van der Waals surface area contributed by atoms with Gasteiger partial charge in [-0.3, -0.25) is 4.99 Å². The molecule has 0 aromatic heterocycles. The van der Waals surface area contributed by atoms with Crippen molar-refractivity contribution in [1.29, 1.82) is 0 Å². The molecule has 128 valence electrons. The SMILES string of the molecule is CN=C(NCC1(c2ccccc2)CCOCC1)NC(C)C(C)C. The van der Waals surface area contributed by atoms with Crippen molar-refractivity contribution in [1.82, 2.24) is 10.6 Å². The lowest BCUT2D eigenvalue weighted by molar-refractivity contribution is 0.0513. The number of nitrogens with zero attached hydrogens (tertiary/aromatic N) is 1. The summed E-state index contributed by atoms with van der Waals surface area (Å²) >= 11 is 0. The second-order valence-corrected chi connectivity index (χ2v) is 6.86. The van der Waals surface area contributed by atoms with E-state index in [4.69, 9.17) is 4.74 Å². The van der Waals surface area contributed by atoms with E-state index in [1.807, 2.05) is 7.05 Å². The monoisotopic (exact) mass is 317 g/mol. The Bertz CT molecular complexity index is 493. The van der Waals surface area contributed by atoms with Crippen molar-refractivity contribution in [3.8, 4) is 0 Å². The van der Waals surface area contributed by atoms with E-state index >= 15 is 0 Å². The van der Waals surface area contributed by atoms with Crippen LogP contribution in [0.5, 0.6) is 0 Å². The molecule has 0 amide bonds. The summed E-state index contributed by atoms with van der Waals surface area (Å²) < 4.78 is 5.60. The maximum Gasteiger partial charge on any atom is 0.191 e. The molecule has 1 unspecified atom stereocenters. The van der Waals surface area contributed by atoms with Crippen molar-refractivity contribution in [2.24, 2.45) is 10.9 Å². The number of benzene rings is 1. The number of nitrogens with one attached hydrogen (secondary N) is 2. The summed E-state index contributed by atoms with van der Waals surface area (Å²) in [6.45, 7) is 9.16. The van der Waals surface area contributed by atoms with Crippen LogP contribution in [0.4, 0.5) is 0 Å². The van der Waals surface area contributed by atoms with Crippen LogP contribution in [0, 0.1) is 5.92 Å². The molecule has 0 bridgehead atoms. The van der Waals surface area contributed by atoms with Gasteiger partial charge >= 0.3 is 0 Å². The lowest BCUT2D eigenvalue weighted by atomic mass is 9.74. The van der Waals surface area contributed by atoms with Gasteiger partial charge in [0, 0.05) is 38.3 Å². The third kappa shape index (κ3) is 4.71. The average molecular weight is 317 g/mol. The topological polar surface area (TPSA) is 45.7 Å². The van der Waals surface area contributed by atoms with E-state index < -0.39 is 0 Å². The highest BCUT2D eigenvalue weighted by atomic mass is 16.5. The van der Waals surface area contributed by atoms with Crippen molar-refractivity contribution in [2.45, 2.75) is 45.1 Å². The molecule has 1 heterocycles. The minimum atomic E-state index is 0.123. The molecule has 0 radical (unpaired) electrons. The van der Waals surface area contributed by atoms with Gasteiger partial charge in [0.15, 0.2) is 5.96 Å². The first kappa shape index (κ1) is 17.8. The molecule has 1 atom stereocenters. The maximum atomic E-state index is 5.60. The van der Waals surface area contributed by atoms with Crippen molar-refractivity contribution >= 4 is 5.96 Å². The highest BCUT2D eigenvalue weighted by Crippen LogP contribution is 2.34. The molecule has 1 fully saturated rings. The van der Waals surface area contributed by atoms with Crippen molar-refractivity contribution in [3.05, 3.63) is 35.9 Å². The fraction of sp³-hybridized carbons (Fsp3) is 0.632. The second-order valence-electron chi connectivity index (χ2n) is 6.86. The number of hydrogen-bond acceptors (Lipinski definition) is 2. The summed E-state index contributed by atoms with van der Waals surface area (Å²) in [4.78, 5) is 4.38. The highest BCUT2D eigenvalue weighted by Gasteiger charge is 2.34. The third-order valence-corrected chi connectivity index (χ3v) is 5.02. The van der Waals surface area contributed by atoms with E-state index in [0.29, 0.717) is 12.0 Å². The second kappa shape index (κ2) is 8.34. The summed E-state index contributed by atoms with van der Waals surface area (Å²) in [6, 6.07) is 11.2. The standard InChI is InChI=1S/C19H31N3O/c1-15(2)16(3)22-18(20-4)21-14-19(10-12-23-13-11-19)17-8-6-5-7-9-17/h5-9,15-16H,10-14H2,1-4H3,(H2,20,21,22). The molecule has 1 saturated heterocycles. The fourth-order valence-corrected chi connectivity index (χ4v) is 2.95. The lowest BCUT2D eigenvalue weighted by Gasteiger charge is -2.38. The summed E-state index contributed by atoms with van der Waals surface area (Å²) in [7, 11) is 1.83. The molecule has 0 saturated carbocycles. The molecule has 0 spiro atoms. The highest BCUT2D eigenvalue weighted by molar-refractivity contribution is 5.80. The molecule has 23 heavy (non-hydrogen) atoms. The zero-order chi connectivity index (χ0) is 16.7. The molecular weight excluding hydrogens is 286 g/mol. The van der Waals surface area contributed by atoms with Gasteiger partial charge in [-0.05, 0) is 31.2 Å². The molecule has 1 aromatic rings. The minimum Gasteiger partial charge on any atom is -0.381 e.